The number of nitrogens with zero attached hydrogens (tertiary/aromatic N) is 3. The molecule has 0 spiro atoms. The number of aromatic nitrogens is 2. The van der Waals surface area contributed by atoms with Crippen molar-refractivity contribution < 1.29 is 14.6 Å². The molecule has 1 aromatic carbocycles. The second-order valence-electron chi connectivity index (χ2n) is 11.2. The number of amides is 1. The van der Waals surface area contributed by atoms with Crippen LogP contribution in [0.2, 0.25) is 0 Å². The molecule has 3 aromatic rings. The number of thioether (sulfide) groups is 1. The molecule has 188 valence electrons. The molecule has 1 saturated heterocycles. The molecule has 1 fully saturated rings. The molecule has 0 atom stereocenters. The lowest BCUT2D eigenvalue weighted by molar-refractivity contribution is -0.135. The fourth-order valence-corrected chi connectivity index (χ4v) is 5.69. The Kier molecular flexibility index (Phi) is 7.21. The lowest BCUT2D eigenvalue weighted by atomic mass is 9.99. The smallest absolute Gasteiger partial charge is 0.219 e. The zero-order chi connectivity index (χ0) is 25.4. The van der Waals surface area contributed by atoms with Crippen LogP contribution in [-0.2, 0) is 24.4 Å². The first-order chi connectivity index (χ1) is 16.4. The third-order valence-corrected chi connectivity index (χ3v) is 7.33. The van der Waals surface area contributed by atoms with E-state index in [-0.39, 0.29) is 10.7 Å². The molecule has 0 bridgehead atoms. The first-order valence-electron chi connectivity index (χ1n) is 12.2. The predicted molar refractivity (Wildman–Crippen MR) is 142 cm³/mol. The first-order valence-corrected chi connectivity index (χ1v) is 13.1. The number of benzene rings is 1. The van der Waals surface area contributed by atoms with E-state index in [1.54, 1.807) is 13.1 Å². The van der Waals surface area contributed by atoms with Gasteiger partial charge in [0.25, 0.3) is 0 Å². The highest BCUT2D eigenvalue weighted by Crippen LogP contribution is 2.43. The van der Waals surface area contributed by atoms with Crippen LogP contribution in [0, 0.1) is 5.92 Å². The molecule has 0 aliphatic carbocycles. The molecule has 35 heavy (non-hydrogen) atoms. The number of aliphatic hydroxyl groups is 1. The van der Waals surface area contributed by atoms with Gasteiger partial charge in [-0.05, 0) is 44.2 Å². The summed E-state index contributed by atoms with van der Waals surface area (Å²) in [6.45, 7) is 14.8. The van der Waals surface area contributed by atoms with E-state index < -0.39 is 5.60 Å². The SMILES string of the molecule is CC(=O)N1CC(Cn2c(CC(C)(C)O)c(SC(C)(C)C)c3cc(OCc4ccccn4)ccc32)C1. The number of hydrogen-bond acceptors (Lipinski definition) is 5. The Labute approximate surface area is 212 Å². The maximum absolute atomic E-state index is 11.7. The van der Waals surface area contributed by atoms with E-state index in [0.29, 0.717) is 18.9 Å². The Morgan fingerprint density at radius 3 is 2.51 bits per heavy atom. The fraction of sp³-hybridized carbons (Fsp3) is 0.500. The monoisotopic (exact) mass is 495 g/mol. The molecule has 3 heterocycles. The van der Waals surface area contributed by atoms with Crippen LogP contribution in [0.25, 0.3) is 10.9 Å². The highest BCUT2D eigenvalue weighted by Gasteiger charge is 2.32. The van der Waals surface area contributed by atoms with E-state index in [0.717, 1.165) is 47.7 Å². The summed E-state index contributed by atoms with van der Waals surface area (Å²) in [4.78, 5) is 19.2. The van der Waals surface area contributed by atoms with Gasteiger partial charge >= 0.3 is 0 Å². The Hall–Kier alpha value is -2.51. The molecule has 2 aromatic heterocycles. The van der Waals surface area contributed by atoms with Gasteiger partial charge in [0.05, 0.1) is 11.3 Å². The standard InChI is InChI=1S/C28H37N3O3S/c1-19(32)30-15-20(16-30)17-31-24-11-10-22(34-18-21-9-7-8-12-29-21)13-23(24)26(35-27(2,3)4)25(31)14-28(5,6)33/h7-13,20,33H,14-18H2,1-6H3. The Balaban J connectivity index is 1.74. The van der Waals surface area contributed by atoms with Gasteiger partial charge in [0.15, 0.2) is 0 Å². The van der Waals surface area contributed by atoms with Gasteiger partial charge in [0, 0.05) is 71.3 Å². The largest absolute Gasteiger partial charge is 0.487 e. The summed E-state index contributed by atoms with van der Waals surface area (Å²) in [6, 6.07) is 12.1. The molecular formula is C28H37N3O3S. The molecule has 0 radical (unpaired) electrons. The molecule has 4 rings (SSSR count). The Bertz CT molecular complexity index is 1190. The molecule has 7 heteroatoms. The third-order valence-electron chi connectivity index (χ3n) is 6.06. The van der Waals surface area contributed by atoms with Crippen LogP contribution in [0.4, 0.5) is 0 Å². The number of pyridine rings is 1. The maximum atomic E-state index is 11.7. The molecule has 0 saturated carbocycles. The van der Waals surface area contributed by atoms with Crippen LogP contribution in [-0.4, -0.2) is 48.9 Å². The number of hydrogen-bond donors (Lipinski definition) is 1. The quantitative estimate of drug-likeness (QED) is 0.430. The summed E-state index contributed by atoms with van der Waals surface area (Å²) < 4.78 is 8.48. The van der Waals surface area contributed by atoms with Crippen molar-refractivity contribution in [2.45, 2.75) is 76.4 Å². The van der Waals surface area contributed by atoms with Gasteiger partial charge in [-0.25, -0.2) is 0 Å². The van der Waals surface area contributed by atoms with Crippen molar-refractivity contribution in [1.29, 1.82) is 0 Å². The fourth-order valence-electron chi connectivity index (χ4n) is 4.50. The molecular weight excluding hydrogens is 458 g/mol. The minimum atomic E-state index is -0.845. The molecule has 1 amide bonds. The summed E-state index contributed by atoms with van der Waals surface area (Å²) >= 11 is 1.84. The normalized spacial score (nSPS) is 14.9. The van der Waals surface area contributed by atoms with Gasteiger partial charge in [0.2, 0.25) is 5.91 Å². The van der Waals surface area contributed by atoms with Crippen molar-refractivity contribution >= 4 is 28.6 Å². The summed E-state index contributed by atoms with van der Waals surface area (Å²) in [7, 11) is 0. The number of carbonyl (C=O) groups is 1. The predicted octanol–water partition coefficient (Wildman–Crippen LogP) is 5.30. The van der Waals surface area contributed by atoms with Gasteiger partial charge in [-0.3, -0.25) is 9.78 Å². The molecule has 1 aliphatic rings. The first kappa shape index (κ1) is 25.6. The minimum absolute atomic E-state index is 0.000180. The van der Waals surface area contributed by atoms with Crippen molar-refractivity contribution in [3.05, 3.63) is 54.0 Å². The average Bonchev–Trinajstić information content (AvgIpc) is 2.98. The van der Waals surface area contributed by atoms with Crippen molar-refractivity contribution in [1.82, 2.24) is 14.5 Å². The number of rotatable bonds is 8. The number of ether oxygens (including phenoxy) is 1. The average molecular weight is 496 g/mol. The number of carbonyl (C=O) groups excluding carboxylic acids is 1. The van der Waals surface area contributed by atoms with Crippen LogP contribution in [0.15, 0.2) is 47.5 Å². The summed E-state index contributed by atoms with van der Waals surface area (Å²) in [6.07, 6.45) is 2.32. The zero-order valence-electron chi connectivity index (χ0n) is 21.7. The van der Waals surface area contributed by atoms with Gasteiger partial charge in [0.1, 0.15) is 12.4 Å². The zero-order valence-corrected chi connectivity index (χ0v) is 22.5. The highest BCUT2D eigenvalue weighted by atomic mass is 32.2. The van der Waals surface area contributed by atoms with Crippen LogP contribution in [0.5, 0.6) is 5.75 Å². The van der Waals surface area contributed by atoms with Gasteiger partial charge in [-0.1, -0.05) is 26.8 Å². The van der Waals surface area contributed by atoms with Crippen molar-refractivity contribution in [2.75, 3.05) is 13.1 Å². The topological polar surface area (TPSA) is 67.6 Å². The van der Waals surface area contributed by atoms with E-state index in [4.69, 9.17) is 4.74 Å². The third kappa shape index (κ3) is 6.39. The van der Waals surface area contributed by atoms with E-state index in [1.165, 1.54) is 4.90 Å². The maximum Gasteiger partial charge on any atom is 0.219 e. The van der Waals surface area contributed by atoms with E-state index >= 15 is 0 Å². The lowest BCUT2D eigenvalue weighted by Gasteiger charge is -2.39. The number of fused-ring (bicyclic) bond motifs is 1. The van der Waals surface area contributed by atoms with Crippen molar-refractivity contribution in [3.63, 3.8) is 0 Å². The lowest BCUT2D eigenvalue weighted by Crippen LogP contribution is -2.50. The molecule has 1 N–H and O–H groups in total. The second-order valence-corrected chi connectivity index (χ2v) is 13.0. The van der Waals surface area contributed by atoms with Gasteiger partial charge in [-0.2, -0.15) is 0 Å². The molecule has 1 aliphatic heterocycles. The van der Waals surface area contributed by atoms with Crippen LogP contribution in [0.3, 0.4) is 0 Å². The Morgan fingerprint density at radius 1 is 1.17 bits per heavy atom. The molecule has 6 nitrogen and oxygen atoms in total. The van der Waals surface area contributed by atoms with Crippen molar-refractivity contribution in [2.24, 2.45) is 5.92 Å². The Morgan fingerprint density at radius 2 is 1.91 bits per heavy atom. The minimum Gasteiger partial charge on any atom is -0.487 e. The van der Waals surface area contributed by atoms with Crippen LogP contribution in [0.1, 0.15) is 52.9 Å². The summed E-state index contributed by atoms with van der Waals surface area (Å²) in [5.41, 5.74) is 2.33. The van der Waals surface area contributed by atoms with Gasteiger partial charge < -0.3 is 19.3 Å². The molecule has 0 unspecified atom stereocenters. The van der Waals surface area contributed by atoms with Gasteiger partial charge in [-0.15, -0.1) is 11.8 Å². The van der Waals surface area contributed by atoms with E-state index in [1.807, 2.05) is 54.8 Å². The van der Waals surface area contributed by atoms with E-state index in [2.05, 4.69) is 42.5 Å². The summed E-state index contributed by atoms with van der Waals surface area (Å²) in [5.74, 6) is 1.34. The van der Waals surface area contributed by atoms with Crippen LogP contribution < -0.4 is 4.74 Å². The van der Waals surface area contributed by atoms with Crippen molar-refractivity contribution in [3.8, 4) is 5.75 Å². The second kappa shape index (κ2) is 9.86. The summed E-state index contributed by atoms with van der Waals surface area (Å²) in [5, 5.41) is 12.0. The van der Waals surface area contributed by atoms with E-state index in [9.17, 15) is 9.90 Å². The number of likely N-dealkylation sites (tertiary alicyclic amines) is 1. The highest BCUT2D eigenvalue weighted by molar-refractivity contribution is 8.00. The van der Waals surface area contributed by atoms with Crippen LogP contribution >= 0.6 is 11.8 Å².